The molecule has 1 N–H and O–H groups in total. The minimum atomic E-state index is -0.353. The van der Waals surface area contributed by atoms with Crippen molar-refractivity contribution in [3.8, 4) is 0 Å². The van der Waals surface area contributed by atoms with Gasteiger partial charge in [0.25, 0.3) is 11.8 Å². The number of benzene rings is 1. The Morgan fingerprint density at radius 2 is 1.81 bits per heavy atom. The predicted octanol–water partition coefficient (Wildman–Crippen LogP) is 4.57. The molecule has 1 aliphatic rings. The zero-order valence-electron chi connectivity index (χ0n) is 17.4. The zero-order valence-corrected chi connectivity index (χ0v) is 18.2. The van der Waals surface area contributed by atoms with Crippen molar-refractivity contribution in [2.45, 2.75) is 32.6 Å². The van der Waals surface area contributed by atoms with Crippen molar-refractivity contribution < 1.29 is 14.0 Å². The van der Waals surface area contributed by atoms with E-state index < -0.39 is 0 Å². The summed E-state index contributed by atoms with van der Waals surface area (Å²) >= 11 is 1.45. The van der Waals surface area contributed by atoms with Crippen LogP contribution in [0.3, 0.4) is 0 Å². The van der Waals surface area contributed by atoms with E-state index in [1.807, 2.05) is 24.8 Å². The predicted molar refractivity (Wildman–Crippen MR) is 118 cm³/mol. The van der Waals surface area contributed by atoms with Crippen LogP contribution in [0.25, 0.3) is 0 Å². The largest absolute Gasteiger partial charge is 0.338 e. The van der Waals surface area contributed by atoms with E-state index in [0.717, 1.165) is 34.1 Å². The number of carbonyl (C=O) groups excluding carboxylic acids is 2. The second kappa shape index (κ2) is 8.93. The Balaban J connectivity index is 1.35. The smallest absolute Gasteiger partial charge is 0.265 e. The van der Waals surface area contributed by atoms with Gasteiger partial charge in [-0.2, -0.15) is 0 Å². The Labute approximate surface area is 184 Å². The van der Waals surface area contributed by atoms with Crippen LogP contribution in [0.15, 0.2) is 42.6 Å². The van der Waals surface area contributed by atoms with Gasteiger partial charge in [-0.05, 0) is 63.1 Å². The molecule has 0 saturated carbocycles. The lowest BCUT2D eigenvalue weighted by molar-refractivity contribution is 0.0715. The molecule has 3 aromatic rings. The monoisotopic (exact) mass is 438 g/mol. The van der Waals surface area contributed by atoms with Crippen LogP contribution in [-0.2, 0) is 0 Å². The van der Waals surface area contributed by atoms with E-state index >= 15 is 0 Å². The molecule has 0 spiro atoms. The normalized spacial score (nSPS) is 14.5. The molecule has 1 saturated heterocycles. The third-order valence-electron chi connectivity index (χ3n) is 5.45. The van der Waals surface area contributed by atoms with Gasteiger partial charge in [-0.3, -0.25) is 14.6 Å². The number of nitrogens with one attached hydrogen (secondary N) is 1. The molecule has 6 nitrogen and oxygen atoms in total. The maximum atomic E-state index is 13.0. The van der Waals surface area contributed by atoms with E-state index in [1.165, 1.54) is 35.6 Å². The summed E-state index contributed by atoms with van der Waals surface area (Å²) in [5, 5.41) is 3.64. The van der Waals surface area contributed by atoms with Crippen LogP contribution in [0.4, 0.5) is 10.1 Å². The molecular formula is C23H23FN4O2S. The second-order valence-corrected chi connectivity index (χ2v) is 8.85. The van der Waals surface area contributed by atoms with Crippen LogP contribution >= 0.6 is 11.3 Å². The maximum absolute atomic E-state index is 13.0. The van der Waals surface area contributed by atoms with Gasteiger partial charge in [-0.25, -0.2) is 9.37 Å². The number of likely N-dealkylation sites (tertiary alicyclic amines) is 1. The number of nitrogens with zero attached hydrogens (tertiary/aromatic N) is 3. The highest BCUT2D eigenvalue weighted by molar-refractivity contribution is 7.13. The van der Waals surface area contributed by atoms with Gasteiger partial charge in [0.1, 0.15) is 10.7 Å². The summed E-state index contributed by atoms with van der Waals surface area (Å²) in [5.74, 6) is -0.333. The molecule has 1 aromatic carbocycles. The van der Waals surface area contributed by atoms with Crippen molar-refractivity contribution in [1.82, 2.24) is 14.9 Å². The van der Waals surface area contributed by atoms with Crippen LogP contribution < -0.4 is 5.32 Å². The highest BCUT2D eigenvalue weighted by Crippen LogP contribution is 2.29. The Bertz CT molecular complexity index is 1090. The van der Waals surface area contributed by atoms with E-state index in [1.54, 1.807) is 12.3 Å². The van der Waals surface area contributed by atoms with Crippen molar-refractivity contribution in [1.29, 1.82) is 0 Å². The number of amides is 2. The molecule has 0 bridgehead atoms. The Morgan fingerprint density at radius 3 is 2.39 bits per heavy atom. The molecule has 2 aromatic heterocycles. The van der Waals surface area contributed by atoms with Gasteiger partial charge in [0.15, 0.2) is 0 Å². The lowest BCUT2D eigenvalue weighted by Crippen LogP contribution is -2.38. The average molecular weight is 439 g/mol. The van der Waals surface area contributed by atoms with Crippen molar-refractivity contribution in [3.63, 3.8) is 0 Å². The van der Waals surface area contributed by atoms with Gasteiger partial charge >= 0.3 is 0 Å². The fraction of sp³-hybridized carbons (Fsp3) is 0.304. The summed E-state index contributed by atoms with van der Waals surface area (Å²) < 4.78 is 13.0. The summed E-state index contributed by atoms with van der Waals surface area (Å²) in [6, 6.07) is 9.25. The number of thiazole rings is 1. The Morgan fingerprint density at radius 1 is 1.10 bits per heavy atom. The standard InChI is InChI=1S/C23H23FN4O2S/c1-14-21(31-15(2)26-14)23(30)28-11-9-16(10-12-28)20-8-3-17(13-25-20)22(29)27-19-6-4-18(24)5-7-19/h3-8,13,16H,9-12H2,1-2H3,(H,27,29). The number of aromatic nitrogens is 2. The molecule has 1 aliphatic heterocycles. The van der Waals surface area contributed by atoms with Gasteiger partial charge in [0.05, 0.1) is 16.3 Å². The number of piperidine rings is 1. The first-order chi connectivity index (χ1) is 14.9. The van der Waals surface area contributed by atoms with Gasteiger partial charge in [-0.1, -0.05) is 0 Å². The van der Waals surface area contributed by atoms with Crippen molar-refractivity contribution in [3.05, 3.63) is 75.2 Å². The number of rotatable bonds is 4. The lowest BCUT2D eigenvalue weighted by Gasteiger charge is -2.31. The summed E-state index contributed by atoms with van der Waals surface area (Å²) in [7, 11) is 0. The molecular weight excluding hydrogens is 415 g/mol. The molecule has 31 heavy (non-hydrogen) atoms. The van der Waals surface area contributed by atoms with Gasteiger partial charge in [0, 0.05) is 36.6 Å². The maximum Gasteiger partial charge on any atom is 0.265 e. The molecule has 0 aliphatic carbocycles. The molecule has 0 unspecified atom stereocenters. The number of anilines is 1. The number of halogens is 1. The lowest BCUT2D eigenvalue weighted by atomic mass is 9.92. The fourth-order valence-corrected chi connectivity index (χ4v) is 4.66. The van der Waals surface area contributed by atoms with Gasteiger partial charge < -0.3 is 10.2 Å². The Kier molecular flexibility index (Phi) is 6.08. The fourth-order valence-electron chi connectivity index (χ4n) is 3.77. The van der Waals surface area contributed by atoms with Crippen molar-refractivity contribution in [2.24, 2.45) is 0 Å². The van der Waals surface area contributed by atoms with E-state index in [0.29, 0.717) is 24.3 Å². The first-order valence-corrected chi connectivity index (χ1v) is 11.0. The summed E-state index contributed by atoms with van der Waals surface area (Å²) in [5.41, 5.74) is 2.69. The number of pyridine rings is 1. The third-order valence-corrected chi connectivity index (χ3v) is 6.51. The molecule has 160 valence electrons. The number of aryl methyl sites for hydroxylation is 2. The molecule has 1 fully saturated rings. The van der Waals surface area contributed by atoms with Crippen molar-refractivity contribution in [2.75, 3.05) is 18.4 Å². The second-order valence-electron chi connectivity index (χ2n) is 7.65. The van der Waals surface area contributed by atoms with Gasteiger partial charge in [-0.15, -0.1) is 11.3 Å². The van der Waals surface area contributed by atoms with E-state index in [4.69, 9.17) is 0 Å². The number of hydrogen-bond acceptors (Lipinski definition) is 5. The molecule has 0 radical (unpaired) electrons. The first-order valence-electron chi connectivity index (χ1n) is 10.2. The summed E-state index contributed by atoms with van der Waals surface area (Å²) in [6.07, 6.45) is 3.22. The molecule has 4 rings (SSSR count). The average Bonchev–Trinajstić information content (AvgIpc) is 3.13. The highest BCUT2D eigenvalue weighted by atomic mass is 32.1. The Hall–Kier alpha value is -3.13. The van der Waals surface area contributed by atoms with Crippen LogP contribution in [0.5, 0.6) is 0 Å². The molecule has 3 heterocycles. The summed E-state index contributed by atoms with van der Waals surface area (Å²) in [6.45, 7) is 5.14. The quantitative estimate of drug-likeness (QED) is 0.648. The zero-order chi connectivity index (χ0) is 22.0. The molecule has 8 heteroatoms. The van der Waals surface area contributed by atoms with E-state index in [2.05, 4.69) is 15.3 Å². The van der Waals surface area contributed by atoms with Crippen molar-refractivity contribution >= 4 is 28.8 Å². The van der Waals surface area contributed by atoms with Crippen LogP contribution in [0.1, 0.15) is 55.2 Å². The third kappa shape index (κ3) is 4.80. The summed E-state index contributed by atoms with van der Waals surface area (Å²) in [4.78, 5) is 36.6. The van der Waals surface area contributed by atoms with Crippen LogP contribution in [0.2, 0.25) is 0 Å². The van der Waals surface area contributed by atoms with Gasteiger partial charge in [0.2, 0.25) is 0 Å². The van der Waals surface area contributed by atoms with E-state index in [-0.39, 0.29) is 23.5 Å². The minimum absolute atomic E-state index is 0.0577. The minimum Gasteiger partial charge on any atom is -0.338 e. The number of carbonyl (C=O) groups is 2. The van der Waals surface area contributed by atoms with Crippen LogP contribution in [-0.4, -0.2) is 39.8 Å². The van der Waals surface area contributed by atoms with E-state index in [9.17, 15) is 14.0 Å². The molecule has 0 atom stereocenters. The molecule has 2 amide bonds. The van der Waals surface area contributed by atoms with Crippen LogP contribution in [0, 0.1) is 19.7 Å². The topological polar surface area (TPSA) is 75.2 Å². The first kappa shape index (κ1) is 21.1. The SMILES string of the molecule is Cc1nc(C)c(C(=O)N2CCC(c3ccc(C(=O)Nc4ccc(F)cc4)cn3)CC2)s1. The highest BCUT2D eigenvalue weighted by Gasteiger charge is 2.27. The number of hydrogen-bond donors (Lipinski definition) is 1.